The van der Waals surface area contributed by atoms with Gasteiger partial charge in [0.25, 0.3) is 0 Å². The zero-order chi connectivity index (χ0) is 16.1. The molecule has 1 fully saturated rings. The largest absolute Gasteiger partial charge is 0.373 e. The van der Waals surface area contributed by atoms with E-state index in [1.54, 1.807) is 0 Å². The Labute approximate surface area is 142 Å². The van der Waals surface area contributed by atoms with E-state index < -0.39 is 0 Å². The smallest absolute Gasteiger partial charge is 0.140 e. The van der Waals surface area contributed by atoms with Crippen molar-refractivity contribution in [2.24, 2.45) is 0 Å². The number of rotatable bonds is 0. The lowest BCUT2D eigenvalue weighted by atomic mass is 9.81. The number of pyridine rings is 1. The fraction of sp³-hybridized carbons (Fsp3) is 0.381. The molecule has 1 N–H and O–H groups in total. The van der Waals surface area contributed by atoms with Crippen LogP contribution in [0.5, 0.6) is 0 Å². The van der Waals surface area contributed by atoms with Crippen LogP contribution in [0.15, 0.2) is 42.6 Å². The Hall–Kier alpha value is -2.29. The predicted molar refractivity (Wildman–Crippen MR) is 98.4 cm³/mol. The first-order valence-corrected chi connectivity index (χ1v) is 9.14. The highest BCUT2D eigenvalue weighted by atomic mass is 15.1. The van der Waals surface area contributed by atoms with Crippen molar-refractivity contribution in [3.63, 3.8) is 0 Å². The van der Waals surface area contributed by atoms with E-state index in [2.05, 4.69) is 59.2 Å². The van der Waals surface area contributed by atoms with Crippen LogP contribution in [0.2, 0.25) is 0 Å². The molecular weight excluding hydrogens is 294 g/mol. The molecule has 1 aliphatic carbocycles. The molecule has 0 saturated heterocycles. The van der Waals surface area contributed by atoms with Crippen LogP contribution in [-0.2, 0) is 5.54 Å². The Balaban J connectivity index is 1.86. The van der Waals surface area contributed by atoms with Gasteiger partial charge in [-0.15, -0.1) is 0 Å². The lowest BCUT2D eigenvalue weighted by molar-refractivity contribution is 0.408. The normalized spacial score (nSPS) is 18.7. The fourth-order valence-electron chi connectivity index (χ4n) is 4.66. The number of para-hydroxylation sites is 1. The number of aromatic nitrogens is 2. The van der Waals surface area contributed by atoms with Gasteiger partial charge in [-0.25, -0.2) is 4.98 Å². The van der Waals surface area contributed by atoms with E-state index in [4.69, 9.17) is 4.98 Å². The maximum absolute atomic E-state index is 5.10. The quantitative estimate of drug-likeness (QED) is 0.611. The Morgan fingerprint density at radius 2 is 1.79 bits per heavy atom. The zero-order valence-electron chi connectivity index (χ0n) is 14.2. The number of imidazole rings is 1. The molecule has 3 heteroatoms. The minimum atomic E-state index is 0.0212. The Morgan fingerprint density at radius 1 is 1.00 bits per heavy atom. The molecule has 1 aliphatic heterocycles. The summed E-state index contributed by atoms with van der Waals surface area (Å²) in [7, 11) is 0. The van der Waals surface area contributed by atoms with Crippen molar-refractivity contribution in [2.45, 2.75) is 51.0 Å². The van der Waals surface area contributed by atoms with Gasteiger partial charge in [0, 0.05) is 17.4 Å². The Kier molecular flexibility index (Phi) is 2.99. The van der Waals surface area contributed by atoms with E-state index in [9.17, 15) is 0 Å². The maximum atomic E-state index is 5.10. The lowest BCUT2D eigenvalue weighted by Crippen LogP contribution is -2.39. The molecule has 3 aromatic rings. The summed E-state index contributed by atoms with van der Waals surface area (Å²) in [6.07, 6.45) is 9.83. The van der Waals surface area contributed by atoms with Crippen LogP contribution in [0.25, 0.3) is 16.9 Å². The van der Waals surface area contributed by atoms with Crippen LogP contribution < -0.4 is 5.32 Å². The van der Waals surface area contributed by atoms with Crippen LogP contribution in [0, 0.1) is 6.92 Å². The molecule has 3 heterocycles. The van der Waals surface area contributed by atoms with E-state index in [0.717, 1.165) is 5.65 Å². The van der Waals surface area contributed by atoms with Gasteiger partial charge in [-0.2, -0.15) is 0 Å². The summed E-state index contributed by atoms with van der Waals surface area (Å²) in [5, 5.41) is 3.95. The summed E-state index contributed by atoms with van der Waals surface area (Å²) in [6, 6.07) is 13.0. The zero-order valence-corrected chi connectivity index (χ0v) is 14.2. The van der Waals surface area contributed by atoms with Crippen molar-refractivity contribution >= 4 is 11.3 Å². The highest BCUT2D eigenvalue weighted by Gasteiger charge is 2.42. The standard InChI is InChI=1S/C21H23N3/c1-15-9-8-14-24-19-18(22-20(15)24)16-10-4-5-11-17(16)23-21(19)12-6-2-3-7-13-21/h4-5,8-11,14,23H,2-3,6-7,12-13H2,1H3. The van der Waals surface area contributed by atoms with Crippen molar-refractivity contribution in [3.8, 4) is 11.3 Å². The molecule has 0 unspecified atom stereocenters. The number of hydrogen-bond donors (Lipinski definition) is 1. The van der Waals surface area contributed by atoms with Crippen molar-refractivity contribution in [1.29, 1.82) is 0 Å². The molecule has 24 heavy (non-hydrogen) atoms. The second kappa shape index (κ2) is 5.10. The molecule has 0 radical (unpaired) electrons. The van der Waals surface area contributed by atoms with Gasteiger partial charge in [0.15, 0.2) is 0 Å². The van der Waals surface area contributed by atoms with E-state index >= 15 is 0 Å². The first kappa shape index (κ1) is 14.1. The third-order valence-electron chi connectivity index (χ3n) is 5.81. The second-order valence-corrected chi connectivity index (χ2v) is 7.36. The van der Waals surface area contributed by atoms with Crippen molar-refractivity contribution < 1.29 is 0 Å². The fourth-order valence-corrected chi connectivity index (χ4v) is 4.66. The van der Waals surface area contributed by atoms with E-state index in [0.29, 0.717) is 0 Å². The number of benzene rings is 1. The average Bonchev–Trinajstić information content (AvgIpc) is 2.87. The number of fused-ring (bicyclic) bond motifs is 6. The predicted octanol–water partition coefficient (Wildman–Crippen LogP) is 5.28. The van der Waals surface area contributed by atoms with E-state index in [-0.39, 0.29) is 5.54 Å². The highest BCUT2D eigenvalue weighted by Crippen LogP contribution is 2.49. The van der Waals surface area contributed by atoms with E-state index in [1.807, 2.05) is 0 Å². The minimum Gasteiger partial charge on any atom is -0.373 e. The highest BCUT2D eigenvalue weighted by molar-refractivity contribution is 5.84. The molecule has 3 nitrogen and oxygen atoms in total. The van der Waals surface area contributed by atoms with Gasteiger partial charge in [-0.05, 0) is 37.5 Å². The minimum absolute atomic E-state index is 0.0212. The van der Waals surface area contributed by atoms with Gasteiger partial charge in [0.2, 0.25) is 0 Å². The van der Waals surface area contributed by atoms with Gasteiger partial charge >= 0.3 is 0 Å². The second-order valence-electron chi connectivity index (χ2n) is 7.36. The molecule has 122 valence electrons. The summed E-state index contributed by atoms with van der Waals surface area (Å²) in [5.74, 6) is 0. The first-order valence-electron chi connectivity index (χ1n) is 9.14. The number of nitrogens with zero attached hydrogens (tertiary/aromatic N) is 2. The van der Waals surface area contributed by atoms with E-state index in [1.165, 1.54) is 66.7 Å². The summed E-state index contributed by atoms with van der Waals surface area (Å²) in [4.78, 5) is 5.10. The average molecular weight is 317 g/mol. The van der Waals surface area contributed by atoms with Gasteiger partial charge in [-0.1, -0.05) is 49.9 Å². The molecule has 2 aromatic heterocycles. The Morgan fingerprint density at radius 3 is 2.62 bits per heavy atom. The molecule has 0 bridgehead atoms. The van der Waals surface area contributed by atoms with Gasteiger partial charge in [0.05, 0.1) is 16.9 Å². The summed E-state index contributed by atoms with van der Waals surface area (Å²) in [6.45, 7) is 2.16. The molecule has 1 spiro atoms. The Bertz CT molecular complexity index is 914. The van der Waals surface area contributed by atoms with Crippen LogP contribution in [0.1, 0.15) is 49.8 Å². The van der Waals surface area contributed by atoms with Crippen molar-refractivity contribution in [3.05, 3.63) is 53.9 Å². The summed E-state index contributed by atoms with van der Waals surface area (Å²) in [5.41, 5.74) is 7.41. The number of aryl methyl sites for hydroxylation is 1. The van der Waals surface area contributed by atoms with Crippen molar-refractivity contribution in [1.82, 2.24) is 9.38 Å². The molecule has 1 saturated carbocycles. The third kappa shape index (κ3) is 1.87. The van der Waals surface area contributed by atoms with Gasteiger partial charge < -0.3 is 9.72 Å². The SMILES string of the molecule is Cc1cccn2c3c(nc12)-c1ccccc1NC31CCCCCC1. The van der Waals surface area contributed by atoms with Crippen LogP contribution in [0.3, 0.4) is 0 Å². The lowest BCUT2D eigenvalue weighted by Gasteiger charge is -2.39. The topological polar surface area (TPSA) is 29.3 Å². The summed E-state index contributed by atoms with van der Waals surface area (Å²) < 4.78 is 2.35. The molecule has 2 aliphatic rings. The van der Waals surface area contributed by atoms with Crippen molar-refractivity contribution in [2.75, 3.05) is 5.32 Å². The molecular formula is C21H23N3. The monoisotopic (exact) mass is 317 g/mol. The van der Waals surface area contributed by atoms with Crippen LogP contribution >= 0.6 is 0 Å². The van der Waals surface area contributed by atoms with Gasteiger partial charge in [0.1, 0.15) is 5.65 Å². The molecule has 5 rings (SSSR count). The first-order chi connectivity index (χ1) is 11.8. The van der Waals surface area contributed by atoms with Crippen LogP contribution in [-0.4, -0.2) is 9.38 Å². The third-order valence-corrected chi connectivity index (χ3v) is 5.81. The molecule has 0 atom stereocenters. The molecule has 0 amide bonds. The number of anilines is 1. The number of hydrogen-bond acceptors (Lipinski definition) is 2. The van der Waals surface area contributed by atoms with Gasteiger partial charge in [-0.3, -0.25) is 0 Å². The number of nitrogens with one attached hydrogen (secondary N) is 1. The maximum Gasteiger partial charge on any atom is 0.140 e. The van der Waals surface area contributed by atoms with Crippen LogP contribution in [0.4, 0.5) is 5.69 Å². The molecule has 1 aromatic carbocycles. The summed E-state index contributed by atoms with van der Waals surface area (Å²) >= 11 is 0.